The number of benzene rings is 1. The molecule has 1 saturated heterocycles. The van der Waals surface area contributed by atoms with Gasteiger partial charge >= 0.3 is 5.97 Å². The first-order valence-electron chi connectivity index (χ1n) is 9.41. The Kier molecular flexibility index (Phi) is 4.56. The molecule has 27 heavy (non-hydrogen) atoms. The Morgan fingerprint density at radius 3 is 2.89 bits per heavy atom. The summed E-state index contributed by atoms with van der Waals surface area (Å²) in [6, 6.07) is 9.25. The van der Waals surface area contributed by atoms with Crippen molar-refractivity contribution < 1.29 is 14.7 Å². The molecule has 2 aromatic rings. The number of carboxylic acids is 1. The van der Waals surface area contributed by atoms with Crippen LogP contribution in [0.5, 0.6) is 0 Å². The van der Waals surface area contributed by atoms with Crippen LogP contribution >= 0.6 is 0 Å². The fourth-order valence-electron chi connectivity index (χ4n) is 4.24. The van der Waals surface area contributed by atoms with Gasteiger partial charge in [0.1, 0.15) is 11.4 Å². The zero-order valence-electron chi connectivity index (χ0n) is 15.1. The van der Waals surface area contributed by atoms with Gasteiger partial charge in [-0.3, -0.25) is 4.79 Å². The zero-order valence-corrected chi connectivity index (χ0v) is 15.1. The summed E-state index contributed by atoms with van der Waals surface area (Å²) in [6.07, 6.45) is 4.70. The minimum absolute atomic E-state index is 0.312. The molecular formula is C21H23N3O3. The minimum atomic E-state index is -0.912. The fourth-order valence-corrected chi connectivity index (χ4v) is 4.24. The first kappa shape index (κ1) is 17.5. The van der Waals surface area contributed by atoms with Gasteiger partial charge in [0.15, 0.2) is 0 Å². The van der Waals surface area contributed by atoms with E-state index in [1.165, 1.54) is 0 Å². The first-order valence-corrected chi connectivity index (χ1v) is 9.41. The maximum Gasteiger partial charge on any atom is 0.339 e. The highest BCUT2D eigenvalue weighted by Crippen LogP contribution is 2.31. The van der Waals surface area contributed by atoms with Crippen LogP contribution in [0.25, 0.3) is 0 Å². The Morgan fingerprint density at radius 2 is 2.11 bits per heavy atom. The standard InChI is InChI=1S/C21H23N3O3/c22-19(25)16-5-1-3-13(10-16)9-14-7-8-24(12-14)20-17(21(26)27)11-15-4-2-6-18(15)23-20/h1,3,5,10-11,14H,2,4,6-9,12H2,(H2,22,25)(H,26,27)/t14-/m1/s1. The van der Waals surface area contributed by atoms with Crippen molar-refractivity contribution in [3.63, 3.8) is 0 Å². The lowest BCUT2D eigenvalue weighted by atomic mass is 9.97. The summed E-state index contributed by atoms with van der Waals surface area (Å²) in [5.41, 5.74) is 9.41. The van der Waals surface area contributed by atoms with Crippen LogP contribution in [0.1, 0.15) is 50.4 Å². The molecule has 4 rings (SSSR count). The minimum Gasteiger partial charge on any atom is -0.478 e. The topological polar surface area (TPSA) is 96.5 Å². The lowest BCUT2D eigenvalue weighted by Gasteiger charge is -2.21. The van der Waals surface area contributed by atoms with Crippen LogP contribution in [0.2, 0.25) is 0 Å². The van der Waals surface area contributed by atoms with Crippen LogP contribution in [-0.4, -0.2) is 35.1 Å². The second kappa shape index (κ2) is 7.02. The summed E-state index contributed by atoms with van der Waals surface area (Å²) in [6.45, 7) is 1.57. The van der Waals surface area contributed by atoms with Crippen LogP contribution in [-0.2, 0) is 19.3 Å². The molecule has 0 unspecified atom stereocenters. The molecule has 1 aliphatic heterocycles. The number of rotatable bonds is 5. The number of carbonyl (C=O) groups is 2. The monoisotopic (exact) mass is 365 g/mol. The van der Waals surface area contributed by atoms with Crippen molar-refractivity contribution in [2.75, 3.05) is 18.0 Å². The molecule has 140 valence electrons. The molecule has 2 aliphatic rings. The summed E-state index contributed by atoms with van der Waals surface area (Å²) in [7, 11) is 0. The molecule has 0 radical (unpaired) electrons. The zero-order chi connectivity index (χ0) is 19.0. The first-order chi connectivity index (χ1) is 13.0. The molecule has 1 amide bonds. The molecule has 0 bridgehead atoms. The predicted molar refractivity (Wildman–Crippen MR) is 102 cm³/mol. The summed E-state index contributed by atoms with van der Waals surface area (Å²) < 4.78 is 0. The van der Waals surface area contributed by atoms with E-state index >= 15 is 0 Å². The Morgan fingerprint density at radius 1 is 1.26 bits per heavy atom. The third-order valence-corrected chi connectivity index (χ3v) is 5.58. The average molecular weight is 365 g/mol. The Bertz CT molecular complexity index is 910. The molecule has 0 spiro atoms. The number of aryl methyl sites for hydroxylation is 2. The number of fused-ring (bicyclic) bond motifs is 1. The normalized spacial score (nSPS) is 18.5. The van der Waals surface area contributed by atoms with Gasteiger partial charge in [0.25, 0.3) is 0 Å². The van der Waals surface area contributed by atoms with E-state index in [-0.39, 0.29) is 0 Å². The third kappa shape index (κ3) is 3.52. The van der Waals surface area contributed by atoms with Crippen molar-refractivity contribution >= 4 is 17.7 Å². The van der Waals surface area contributed by atoms with Gasteiger partial charge in [-0.15, -0.1) is 0 Å². The molecule has 1 aliphatic carbocycles. The molecule has 6 nitrogen and oxygen atoms in total. The molecule has 1 aromatic heterocycles. The number of nitrogens with two attached hydrogens (primary N) is 1. The second-order valence-corrected chi connectivity index (χ2v) is 7.49. The summed E-state index contributed by atoms with van der Waals surface area (Å²) in [5.74, 6) is -0.329. The van der Waals surface area contributed by atoms with Gasteiger partial charge in [0, 0.05) is 24.3 Å². The van der Waals surface area contributed by atoms with Gasteiger partial charge < -0.3 is 15.7 Å². The second-order valence-electron chi connectivity index (χ2n) is 7.49. The van der Waals surface area contributed by atoms with Crippen molar-refractivity contribution in [3.8, 4) is 0 Å². The van der Waals surface area contributed by atoms with Crippen molar-refractivity contribution in [2.45, 2.75) is 32.1 Å². The molecule has 2 heterocycles. The number of carboxylic acid groups (broad SMARTS) is 1. The fraction of sp³-hybridized carbons (Fsp3) is 0.381. The molecule has 1 fully saturated rings. The van der Waals surface area contributed by atoms with Gasteiger partial charge in [0.05, 0.1) is 0 Å². The van der Waals surface area contributed by atoms with Crippen LogP contribution in [0, 0.1) is 5.92 Å². The number of anilines is 1. The highest BCUT2D eigenvalue weighted by atomic mass is 16.4. The number of amides is 1. The summed E-state index contributed by atoms with van der Waals surface area (Å²) in [5, 5.41) is 9.63. The molecular weight excluding hydrogens is 342 g/mol. The Labute approximate surface area is 158 Å². The SMILES string of the molecule is NC(=O)c1cccc(C[C@H]2CCN(c3nc4c(cc3C(=O)O)CCC4)C2)c1. The van der Waals surface area contributed by atoms with Gasteiger partial charge in [0.2, 0.25) is 5.91 Å². The molecule has 3 N–H and O–H groups in total. The number of aromatic carboxylic acids is 1. The van der Waals surface area contributed by atoms with Crippen molar-refractivity contribution in [3.05, 3.63) is 58.3 Å². The van der Waals surface area contributed by atoms with Crippen molar-refractivity contribution in [1.82, 2.24) is 4.98 Å². The van der Waals surface area contributed by atoms with Gasteiger partial charge in [-0.05, 0) is 67.3 Å². The van der Waals surface area contributed by atoms with Crippen LogP contribution in [0.15, 0.2) is 30.3 Å². The molecule has 1 atom stereocenters. The van der Waals surface area contributed by atoms with Gasteiger partial charge in [-0.2, -0.15) is 0 Å². The van der Waals surface area contributed by atoms with E-state index in [0.29, 0.717) is 22.9 Å². The maximum atomic E-state index is 11.7. The number of hydrogen-bond donors (Lipinski definition) is 2. The number of carbonyl (C=O) groups excluding carboxylic acids is 1. The smallest absolute Gasteiger partial charge is 0.339 e. The van der Waals surface area contributed by atoms with Crippen LogP contribution in [0.3, 0.4) is 0 Å². The van der Waals surface area contributed by atoms with E-state index in [4.69, 9.17) is 10.7 Å². The van der Waals surface area contributed by atoms with Crippen molar-refractivity contribution in [2.24, 2.45) is 11.7 Å². The molecule has 1 aromatic carbocycles. The van der Waals surface area contributed by atoms with Crippen LogP contribution < -0.4 is 10.6 Å². The number of hydrogen-bond acceptors (Lipinski definition) is 4. The lowest BCUT2D eigenvalue weighted by Crippen LogP contribution is -2.24. The molecule has 0 saturated carbocycles. The van der Waals surface area contributed by atoms with E-state index in [2.05, 4.69) is 4.90 Å². The van der Waals surface area contributed by atoms with E-state index < -0.39 is 11.9 Å². The summed E-state index contributed by atoms with van der Waals surface area (Å²) in [4.78, 5) is 29.9. The van der Waals surface area contributed by atoms with E-state index in [0.717, 1.165) is 62.0 Å². The van der Waals surface area contributed by atoms with Gasteiger partial charge in [-0.1, -0.05) is 12.1 Å². The van der Waals surface area contributed by atoms with E-state index in [1.54, 1.807) is 6.07 Å². The Hall–Kier alpha value is -2.89. The van der Waals surface area contributed by atoms with Crippen molar-refractivity contribution in [1.29, 1.82) is 0 Å². The van der Waals surface area contributed by atoms with Gasteiger partial charge in [-0.25, -0.2) is 9.78 Å². The molecule has 6 heteroatoms. The predicted octanol–water partition coefficient (Wildman–Crippen LogP) is 2.44. The average Bonchev–Trinajstić information content (AvgIpc) is 3.29. The largest absolute Gasteiger partial charge is 0.478 e. The summed E-state index contributed by atoms with van der Waals surface area (Å²) >= 11 is 0. The number of aromatic nitrogens is 1. The van der Waals surface area contributed by atoms with E-state index in [9.17, 15) is 14.7 Å². The quantitative estimate of drug-likeness (QED) is 0.848. The van der Waals surface area contributed by atoms with Crippen LogP contribution in [0.4, 0.5) is 5.82 Å². The maximum absolute atomic E-state index is 11.7. The number of pyridine rings is 1. The third-order valence-electron chi connectivity index (χ3n) is 5.58. The highest BCUT2D eigenvalue weighted by molar-refractivity contribution is 5.94. The lowest BCUT2D eigenvalue weighted by molar-refractivity contribution is 0.0696. The number of primary amides is 1. The highest BCUT2D eigenvalue weighted by Gasteiger charge is 2.29. The number of nitrogens with zero attached hydrogens (tertiary/aromatic N) is 2. The van der Waals surface area contributed by atoms with E-state index in [1.807, 2.05) is 24.3 Å². The Balaban J connectivity index is 1.52.